The minimum absolute atomic E-state index is 0.0851. The first-order chi connectivity index (χ1) is 10.8. The van der Waals surface area contributed by atoms with Crippen LogP contribution in [0.4, 0.5) is 0 Å². The van der Waals surface area contributed by atoms with E-state index in [1.165, 1.54) is 4.88 Å². The Kier molecular flexibility index (Phi) is 3.31. The molecule has 0 saturated carbocycles. The van der Waals surface area contributed by atoms with E-state index in [-0.39, 0.29) is 5.91 Å². The summed E-state index contributed by atoms with van der Waals surface area (Å²) in [6.07, 6.45) is 3.81. The van der Waals surface area contributed by atoms with Crippen molar-refractivity contribution in [3.63, 3.8) is 0 Å². The molecule has 4 heterocycles. The maximum Gasteiger partial charge on any atom is 0.230 e. The van der Waals surface area contributed by atoms with Crippen LogP contribution in [0.1, 0.15) is 11.6 Å². The van der Waals surface area contributed by atoms with E-state index >= 15 is 0 Å². The number of hydrogen-bond donors (Lipinski definition) is 0. The Morgan fingerprint density at radius 1 is 1.32 bits per heavy atom. The second kappa shape index (κ2) is 5.46. The van der Waals surface area contributed by atoms with Crippen molar-refractivity contribution in [2.45, 2.75) is 19.5 Å². The lowest BCUT2D eigenvalue weighted by Crippen LogP contribution is -2.39. The molecule has 1 aliphatic rings. The molecule has 6 heteroatoms. The van der Waals surface area contributed by atoms with Crippen molar-refractivity contribution in [3.8, 4) is 10.6 Å². The molecule has 22 heavy (non-hydrogen) atoms. The molecule has 3 aromatic heterocycles. The molecule has 0 spiro atoms. The monoisotopic (exact) mass is 313 g/mol. The molecule has 3 aromatic rings. The van der Waals surface area contributed by atoms with E-state index in [1.54, 1.807) is 23.7 Å². The van der Waals surface area contributed by atoms with Crippen molar-refractivity contribution < 1.29 is 9.21 Å². The van der Waals surface area contributed by atoms with Crippen LogP contribution < -0.4 is 0 Å². The van der Waals surface area contributed by atoms with Crippen LogP contribution in [0.3, 0.4) is 0 Å². The molecule has 0 N–H and O–H groups in total. The summed E-state index contributed by atoms with van der Waals surface area (Å²) in [6.45, 7) is 2.05. The summed E-state index contributed by atoms with van der Waals surface area (Å²) in [5.74, 6) is 1.74. The van der Waals surface area contributed by atoms with Gasteiger partial charge in [0.1, 0.15) is 11.6 Å². The van der Waals surface area contributed by atoms with Crippen LogP contribution in [-0.2, 0) is 24.3 Å². The summed E-state index contributed by atoms with van der Waals surface area (Å²) in [5, 5.41) is 2.07. The molecule has 112 valence electrons. The maximum atomic E-state index is 12.3. The first-order valence-electron chi connectivity index (χ1n) is 7.20. The number of carbonyl (C=O) groups excluding carboxylic acids is 1. The van der Waals surface area contributed by atoms with Crippen LogP contribution in [0.25, 0.3) is 10.6 Å². The average Bonchev–Trinajstić information content (AvgIpc) is 3.27. The topological polar surface area (TPSA) is 51.3 Å². The normalized spacial score (nSPS) is 14.1. The lowest BCUT2D eigenvalue weighted by Gasteiger charge is -2.28. The zero-order valence-corrected chi connectivity index (χ0v) is 12.8. The Labute approximate surface area is 131 Å². The van der Waals surface area contributed by atoms with Gasteiger partial charge in [0, 0.05) is 13.1 Å². The highest BCUT2D eigenvalue weighted by molar-refractivity contribution is 7.13. The largest absolute Gasteiger partial charge is 0.469 e. The van der Waals surface area contributed by atoms with Gasteiger partial charge in [-0.1, -0.05) is 6.07 Å². The number of nitrogens with zero attached hydrogens (tertiary/aromatic N) is 3. The van der Waals surface area contributed by atoms with Crippen LogP contribution in [0.5, 0.6) is 0 Å². The Balaban J connectivity index is 1.52. The van der Waals surface area contributed by atoms with Gasteiger partial charge in [-0.15, -0.1) is 11.3 Å². The fourth-order valence-electron chi connectivity index (χ4n) is 2.77. The SMILES string of the molecule is O=C(Cc1ccco1)N1CCn2c(-c3cccs3)cnc2C1. The number of carbonyl (C=O) groups is 1. The molecular weight excluding hydrogens is 298 g/mol. The van der Waals surface area contributed by atoms with Gasteiger partial charge in [0.05, 0.1) is 36.0 Å². The second-order valence-electron chi connectivity index (χ2n) is 5.26. The van der Waals surface area contributed by atoms with Gasteiger partial charge >= 0.3 is 0 Å². The van der Waals surface area contributed by atoms with E-state index in [0.29, 0.717) is 25.3 Å². The zero-order valence-electron chi connectivity index (χ0n) is 11.9. The fraction of sp³-hybridized carbons (Fsp3) is 0.250. The standard InChI is InChI=1S/C16H15N3O2S/c20-16(9-12-3-1-7-21-12)18-5-6-19-13(10-17-15(19)11-18)14-4-2-8-22-14/h1-4,7-8,10H,5-6,9,11H2. The molecule has 5 nitrogen and oxygen atoms in total. The van der Waals surface area contributed by atoms with Crippen molar-refractivity contribution >= 4 is 17.2 Å². The minimum atomic E-state index is 0.0851. The van der Waals surface area contributed by atoms with Gasteiger partial charge in [0.15, 0.2) is 0 Å². The minimum Gasteiger partial charge on any atom is -0.469 e. The Bertz CT molecular complexity index is 775. The lowest BCUT2D eigenvalue weighted by molar-refractivity contribution is -0.132. The van der Waals surface area contributed by atoms with E-state index in [2.05, 4.69) is 21.0 Å². The van der Waals surface area contributed by atoms with Gasteiger partial charge in [-0.25, -0.2) is 4.98 Å². The van der Waals surface area contributed by atoms with E-state index in [4.69, 9.17) is 4.42 Å². The summed E-state index contributed by atoms with van der Waals surface area (Å²) < 4.78 is 7.46. The molecule has 0 bridgehead atoms. The van der Waals surface area contributed by atoms with E-state index in [1.807, 2.05) is 23.2 Å². The van der Waals surface area contributed by atoms with Crippen molar-refractivity contribution in [1.29, 1.82) is 0 Å². The Morgan fingerprint density at radius 3 is 3.05 bits per heavy atom. The zero-order chi connectivity index (χ0) is 14.9. The smallest absolute Gasteiger partial charge is 0.230 e. The van der Waals surface area contributed by atoms with Crippen molar-refractivity contribution in [2.75, 3.05) is 6.54 Å². The molecular formula is C16H15N3O2S. The molecule has 0 fully saturated rings. The highest BCUT2D eigenvalue weighted by Gasteiger charge is 2.24. The summed E-state index contributed by atoms with van der Waals surface area (Å²) in [7, 11) is 0. The van der Waals surface area contributed by atoms with Crippen molar-refractivity contribution in [3.05, 3.63) is 53.7 Å². The molecule has 0 radical (unpaired) electrons. The van der Waals surface area contributed by atoms with E-state index in [9.17, 15) is 4.79 Å². The van der Waals surface area contributed by atoms with Crippen molar-refractivity contribution in [1.82, 2.24) is 14.5 Å². The molecule has 0 aliphatic carbocycles. The molecule has 0 saturated heterocycles. The van der Waals surface area contributed by atoms with Crippen LogP contribution >= 0.6 is 11.3 Å². The summed E-state index contributed by atoms with van der Waals surface area (Å²) in [5.41, 5.74) is 1.14. The number of thiophene rings is 1. The predicted octanol–water partition coefficient (Wildman–Crippen LogP) is 2.79. The van der Waals surface area contributed by atoms with Gasteiger partial charge in [-0.2, -0.15) is 0 Å². The highest BCUT2D eigenvalue weighted by Crippen LogP contribution is 2.27. The number of hydrogen-bond acceptors (Lipinski definition) is 4. The highest BCUT2D eigenvalue weighted by atomic mass is 32.1. The van der Waals surface area contributed by atoms with Gasteiger partial charge in [-0.3, -0.25) is 4.79 Å². The number of imidazole rings is 1. The number of rotatable bonds is 3. The second-order valence-corrected chi connectivity index (χ2v) is 6.21. The molecule has 0 unspecified atom stereocenters. The predicted molar refractivity (Wildman–Crippen MR) is 83.4 cm³/mol. The molecule has 0 aromatic carbocycles. The third-order valence-electron chi connectivity index (χ3n) is 3.90. The van der Waals surface area contributed by atoms with Crippen molar-refractivity contribution in [2.24, 2.45) is 0 Å². The number of aromatic nitrogens is 2. The maximum absolute atomic E-state index is 12.3. The van der Waals surface area contributed by atoms with Gasteiger partial charge in [-0.05, 0) is 23.6 Å². The molecule has 1 amide bonds. The number of fused-ring (bicyclic) bond motifs is 1. The number of furan rings is 1. The molecule has 0 atom stereocenters. The number of amides is 1. The van der Waals surface area contributed by atoms with Gasteiger partial charge < -0.3 is 13.9 Å². The molecule has 1 aliphatic heterocycles. The van der Waals surface area contributed by atoms with Crippen LogP contribution in [0.15, 0.2) is 46.5 Å². The van der Waals surface area contributed by atoms with Crippen LogP contribution in [0.2, 0.25) is 0 Å². The first-order valence-corrected chi connectivity index (χ1v) is 8.07. The fourth-order valence-corrected chi connectivity index (χ4v) is 3.51. The Hall–Kier alpha value is -2.34. The van der Waals surface area contributed by atoms with Crippen LogP contribution in [-0.4, -0.2) is 26.9 Å². The average molecular weight is 313 g/mol. The summed E-state index contributed by atoms with van der Waals surface area (Å²) in [4.78, 5) is 19.9. The quantitative estimate of drug-likeness (QED) is 0.747. The third kappa shape index (κ3) is 2.35. The van der Waals surface area contributed by atoms with E-state index < -0.39 is 0 Å². The van der Waals surface area contributed by atoms with Gasteiger partial charge in [0.2, 0.25) is 5.91 Å². The summed E-state index contributed by atoms with van der Waals surface area (Å²) >= 11 is 1.71. The lowest BCUT2D eigenvalue weighted by atomic mass is 10.2. The first kappa shape index (κ1) is 13.3. The van der Waals surface area contributed by atoms with Crippen LogP contribution in [0, 0.1) is 0 Å². The van der Waals surface area contributed by atoms with E-state index in [0.717, 1.165) is 18.1 Å². The summed E-state index contributed by atoms with van der Waals surface area (Å²) in [6, 6.07) is 7.78. The Morgan fingerprint density at radius 2 is 2.27 bits per heavy atom. The molecule has 4 rings (SSSR count). The van der Waals surface area contributed by atoms with Gasteiger partial charge in [0.25, 0.3) is 0 Å². The third-order valence-corrected chi connectivity index (χ3v) is 4.79.